The van der Waals surface area contributed by atoms with Gasteiger partial charge in [0, 0.05) is 13.0 Å². The Hall–Kier alpha value is -0.660. The predicted octanol–water partition coefficient (Wildman–Crippen LogP) is -1.70. The lowest BCUT2D eigenvalue weighted by atomic mass is 10.4. The Morgan fingerprint density at radius 1 is 1.55 bits per heavy atom. The lowest BCUT2D eigenvalue weighted by Gasteiger charge is -1.99. The molecule has 1 amide bonds. The van der Waals surface area contributed by atoms with Crippen molar-refractivity contribution in [3.8, 4) is 0 Å². The van der Waals surface area contributed by atoms with Gasteiger partial charge < -0.3 is 11.1 Å². The molecule has 0 saturated carbocycles. The van der Waals surface area contributed by atoms with Crippen LogP contribution in [0.1, 0.15) is 6.42 Å². The summed E-state index contributed by atoms with van der Waals surface area (Å²) in [5.41, 5.74) is 5.00. The maximum atomic E-state index is 10.5. The molecule has 0 saturated heterocycles. The van der Waals surface area contributed by atoms with Crippen LogP contribution in [0, 0.1) is 0 Å². The molecule has 4 N–H and O–H groups in total. The largest absolute Gasteiger partial charge is 0.340 e. The quantitative estimate of drug-likeness (QED) is 0.449. The van der Waals surface area contributed by atoms with Crippen molar-refractivity contribution in [2.24, 2.45) is 5.73 Å². The number of amides is 1. The minimum atomic E-state index is -4.11. The van der Waals surface area contributed by atoms with Crippen molar-refractivity contribution in [3.05, 3.63) is 0 Å². The van der Waals surface area contributed by atoms with Crippen molar-refractivity contribution in [1.29, 1.82) is 0 Å². The molecule has 7 heteroatoms. The maximum absolute atomic E-state index is 10.5. The first-order valence-corrected chi connectivity index (χ1v) is 4.48. The average molecular weight is 182 g/mol. The minimum Gasteiger partial charge on any atom is -0.340 e. The Balaban J connectivity index is 3.64. The first kappa shape index (κ1) is 10.3. The number of hydrogen-bond acceptors (Lipinski definition) is 4. The molecule has 0 atom stereocenters. The molecule has 6 nitrogen and oxygen atoms in total. The molecular weight excluding hydrogens is 172 g/mol. The highest BCUT2D eigenvalue weighted by atomic mass is 32.2. The Labute approximate surface area is 64.5 Å². The molecule has 0 aliphatic heterocycles. The number of carbonyl (C=O) groups is 1. The third-order valence-corrected chi connectivity index (χ3v) is 1.33. The number of nitrogens with one attached hydrogen (secondary N) is 1. The summed E-state index contributed by atoms with van der Waals surface area (Å²) in [6.07, 6.45) is 0.0511. The fraction of sp³-hybridized carbons (Fsp3) is 0.750. The van der Waals surface area contributed by atoms with Gasteiger partial charge in [0.05, 0.1) is 0 Å². The molecule has 11 heavy (non-hydrogen) atoms. The molecule has 0 aromatic rings. The van der Waals surface area contributed by atoms with Crippen LogP contribution in [0.3, 0.4) is 0 Å². The molecule has 66 valence electrons. The van der Waals surface area contributed by atoms with Gasteiger partial charge in [-0.2, -0.15) is 8.42 Å². The fourth-order valence-corrected chi connectivity index (χ4v) is 0.735. The van der Waals surface area contributed by atoms with Crippen molar-refractivity contribution in [1.82, 2.24) is 5.32 Å². The van der Waals surface area contributed by atoms with Crippen LogP contribution in [0.25, 0.3) is 0 Å². The molecule has 0 fully saturated rings. The molecule has 0 aliphatic carbocycles. The van der Waals surface area contributed by atoms with Gasteiger partial charge in [-0.25, -0.2) is 0 Å². The summed E-state index contributed by atoms with van der Waals surface area (Å²) < 4.78 is 28.3. The van der Waals surface area contributed by atoms with Gasteiger partial charge in [-0.05, 0) is 0 Å². The van der Waals surface area contributed by atoms with Crippen LogP contribution in [-0.4, -0.2) is 31.3 Å². The topological polar surface area (TPSA) is 109 Å². The maximum Gasteiger partial charge on any atom is 0.283 e. The summed E-state index contributed by atoms with van der Waals surface area (Å²) in [5, 5.41) is 1.97. The standard InChI is InChI=1S/C4H10N2O4S/c5-2-1-4(7)6-3-11(8,9)10/h1-3,5H2,(H,6,7)(H,8,9,10). The van der Waals surface area contributed by atoms with E-state index in [1.165, 1.54) is 0 Å². The van der Waals surface area contributed by atoms with E-state index in [2.05, 4.69) is 0 Å². The second-order valence-electron chi connectivity index (χ2n) is 1.86. The summed E-state index contributed by atoms with van der Waals surface area (Å²) >= 11 is 0. The van der Waals surface area contributed by atoms with E-state index in [-0.39, 0.29) is 13.0 Å². The summed E-state index contributed by atoms with van der Waals surface area (Å²) in [5.74, 6) is -1.25. The number of hydrogen-bond donors (Lipinski definition) is 3. The fourth-order valence-electron chi connectivity index (χ4n) is 0.391. The van der Waals surface area contributed by atoms with Gasteiger partial charge in [0.15, 0.2) is 0 Å². The second kappa shape index (κ2) is 4.27. The first-order valence-electron chi connectivity index (χ1n) is 2.87. The second-order valence-corrected chi connectivity index (χ2v) is 3.32. The van der Waals surface area contributed by atoms with Gasteiger partial charge in [0.2, 0.25) is 5.91 Å². The van der Waals surface area contributed by atoms with E-state index in [1.54, 1.807) is 0 Å². The lowest BCUT2D eigenvalue weighted by Crippen LogP contribution is -2.30. The zero-order valence-corrected chi connectivity index (χ0v) is 6.60. The van der Waals surface area contributed by atoms with Crippen molar-refractivity contribution < 1.29 is 17.8 Å². The summed E-state index contributed by atoms with van der Waals surface area (Å²) in [6.45, 7) is 0.150. The van der Waals surface area contributed by atoms with Crippen molar-refractivity contribution >= 4 is 16.0 Å². The monoisotopic (exact) mass is 182 g/mol. The van der Waals surface area contributed by atoms with Gasteiger partial charge in [0.25, 0.3) is 10.1 Å². The van der Waals surface area contributed by atoms with Gasteiger partial charge in [-0.3, -0.25) is 9.35 Å². The Morgan fingerprint density at radius 2 is 2.09 bits per heavy atom. The van der Waals surface area contributed by atoms with Crippen LogP contribution in [0.2, 0.25) is 0 Å². The van der Waals surface area contributed by atoms with E-state index in [9.17, 15) is 13.2 Å². The average Bonchev–Trinajstić information content (AvgIpc) is 1.83. The van der Waals surface area contributed by atoms with Gasteiger partial charge in [-0.1, -0.05) is 0 Å². The molecule has 0 spiro atoms. The SMILES string of the molecule is NCCC(=O)NCS(=O)(=O)O. The van der Waals surface area contributed by atoms with E-state index in [1.807, 2.05) is 5.32 Å². The van der Waals surface area contributed by atoms with Crippen LogP contribution < -0.4 is 11.1 Å². The predicted molar refractivity (Wildman–Crippen MR) is 38.2 cm³/mol. The molecule has 0 aliphatic rings. The van der Waals surface area contributed by atoms with Crippen molar-refractivity contribution in [2.45, 2.75) is 6.42 Å². The molecule has 0 bridgehead atoms. The zero-order valence-electron chi connectivity index (χ0n) is 5.78. The van der Waals surface area contributed by atoms with E-state index in [0.29, 0.717) is 0 Å². The molecule has 0 rings (SSSR count). The number of carbonyl (C=O) groups excluding carboxylic acids is 1. The Bertz CT molecular complexity index is 222. The van der Waals surface area contributed by atoms with Crippen LogP contribution in [-0.2, 0) is 14.9 Å². The van der Waals surface area contributed by atoms with Crippen LogP contribution in [0.4, 0.5) is 0 Å². The van der Waals surface area contributed by atoms with Gasteiger partial charge in [0.1, 0.15) is 5.88 Å². The van der Waals surface area contributed by atoms with Crippen LogP contribution in [0.5, 0.6) is 0 Å². The van der Waals surface area contributed by atoms with Crippen molar-refractivity contribution in [3.63, 3.8) is 0 Å². The molecule has 0 aromatic heterocycles. The normalized spacial score (nSPS) is 11.1. The highest BCUT2D eigenvalue weighted by Crippen LogP contribution is 1.79. The minimum absolute atomic E-state index is 0.0511. The summed E-state index contributed by atoms with van der Waals surface area (Å²) in [7, 11) is -4.11. The van der Waals surface area contributed by atoms with E-state index in [0.717, 1.165) is 0 Å². The van der Waals surface area contributed by atoms with E-state index < -0.39 is 21.9 Å². The molecule has 0 radical (unpaired) electrons. The first-order chi connectivity index (χ1) is 4.95. The lowest BCUT2D eigenvalue weighted by molar-refractivity contribution is -0.120. The Kier molecular flexibility index (Phi) is 4.01. The summed E-state index contributed by atoms with van der Waals surface area (Å²) in [6, 6.07) is 0. The summed E-state index contributed by atoms with van der Waals surface area (Å²) in [4.78, 5) is 10.5. The number of rotatable bonds is 4. The highest BCUT2D eigenvalue weighted by Gasteiger charge is 2.06. The van der Waals surface area contributed by atoms with Gasteiger partial charge >= 0.3 is 0 Å². The number of nitrogens with two attached hydrogens (primary N) is 1. The molecule has 0 heterocycles. The van der Waals surface area contributed by atoms with Gasteiger partial charge in [-0.15, -0.1) is 0 Å². The smallest absolute Gasteiger partial charge is 0.283 e. The third kappa shape index (κ3) is 7.23. The Morgan fingerprint density at radius 3 is 2.45 bits per heavy atom. The van der Waals surface area contributed by atoms with E-state index in [4.69, 9.17) is 10.3 Å². The third-order valence-electron chi connectivity index (χ3n) is 0.823. The van der Waals surface area contributed by atoms with Crippen molar-refractivity contribution in [2.75, 3.05) is 12.4 Å². The van der Waals surface area contributed by atoms with Crippen LogP contribution in [0.15, 0.2) is 0 Å². The molecule has 0 aromatic carbocycles. The van der Waals surface area contributed by atoms with Crippen LogP contribution >= 0.6 is 0 Å². The molecular formula is C4H10N2O4S. The molecule has 0 unspecified atom stereocenters. The highest BCUT2D eigenvalue weighted by molar-refractivity contribution is 7.85. The van der Waals surface area contributed by atoms with E-state index >= 15 is 0 Å². The zero-order chi connectivity index (χ0) is 8.91.